The summed E-state index contributed by atoms with van der Waals surface area (Å²) in [6.45, 7) is 0.117. The van der Waals surface area contributed by atoms with Gasteiger partial charge in [-0.05, 0) is 6.07 Å². The van der Waals surface area contributed by atoms with Crippen molar-refractivity contribution in [3.8, 4) is 17.2 Å². The van der Waals surface area contributed by atoms with Gasteiger partial charge in [0, 0.05) is 18.2 Å². The molecule has 0 fully saturated rings. The summed E-state index contributed by atoms with van der Waals surface area (Å²) in [4.78, 5) is 0. The number of rotatable bonds is 5. The fraction of sp³-hybridized carbons (Fsp3) is 0.455. The second-order valence-electron chi connectivity index (χ2n) is 3.20. The van der Waals surface area contributed by atoms with Crippen LogP contribution in [0.25, 0.3) is 0 Å². The topological polar surface area (TPSA) is 73.9 Å². The fourth-order valence-corrected chi connectivity index (χ4v) is 1.44. The highest BCUT2D eigenvalue weighted by Crippen LogP contribution is 2.37. The maximum Gasteiger partial charge on any atom is 0.164 e. The van der Waals surface area contributed by atoms with Crippen molar-refractivity contribution in [3.63, 3.8) is 0 Å². The van der Waals surface area contributed by atoms with Gasteiger partial charge in [-0.15, -0.1) is 0 Å². The molecule has 0 aliphatic heterocycles. The van der Waals surface area contributed by atoms with E-state index < -0.39 is 6.10 Å². The minimum absolute atomic E-state index is 0.117. The Kier molecular flexibility index (Phi) is 4.39. The number of nitrogens with two attached hydrogens (primary N) is 1. The van der Waals surface area contributed by atoms with Crippen LogP contribution in [0.15, 0.2) is 12.1 Å². The molecule has 1 aromatic carbocycles. The van der Waals surface area contributed by atoms with Crippen LogP contribution in [-0.2, 0) is 0 Å². The molecular weight excluding hydrogens is 210 g/mol. The molecule has 0 spiro atoms. The van der Waals surface area contributed by atoms with E-state index in [4.69, 9.17) is 19.9 Å². The van der Waals surface area contributed by atoms with E-state index in [2.05, 4.69) is 0 Å². The summed E-state index contributed by atoms with van der Waals surface area (Å²) in [7, 11) is 4.59. The SMILES string of the molecule is COc1cc(OC)c([C@H](O)CN)cc1OC. The number of benzene rings is 1. The molecule has 0 saturated carbocycles. The molecule has 5 nitrogen and oxygen atoms in total. The Morgan fingerprint density at radius 3 is 2.00 bits per heavy atom. The lowest BCUT2D eigenvalue weighted by Crippen LogP contribution is -2.13. The second kappa shape index (κ2) is 5.58. The van der Waals surface area contributed by atoms with E-state index in [1.54, 1.807) is 12.1 Å². The molecule has 16 heavy (non-hydrogen) atoms. The van der Waals surface area contributed by atoms with Crippen molar-refractivity contribution in [2.75, 3.05) is 27.9 Å². The van der Waals surface area contributed by atoms with Crippen LogP contribution in [-0.4, -0.2) is 33.0 Å². The zero-order chi connectivity index (χ0) is 12.1. The van der Waals surface area contributed by atoms with Crippen molar-refractivity contribution >= 4 is 0 Å². The van der Waals surface area contributed by atoms with Crippen LogP contribution in [0, 0.1) is 0 Å². The molecule has 1 atom stereocenters. The smallest absolute Gasteiger partial charge is 0.164 e. The van der Waals surface area contributed by atoms with Gasteiger partial charge in [0.05, 0.1) is 27.4 Å². The molecule has 1 rings (SSSR count). The van der Waals surface area contributed by atoms with Crippen molar-refractivity contribution in [1.82, 2.24) is 0 Å². The van der Waals surface area contributed by atoms with Gasteiger partial charge in [0.25, 0.3) is 0 Å². The first-order valence-electron chi connectivity index (χ1n) is 4.86. The molecule has 0 unspecified atom stereocenters. The number of ether oxygens (including phenoxy) is 3. The maximum absolute atomic E-state index is 9.72. The molecule has 5 heteroatoms. The van der Waals surface area contributed by atoms with Crippen LogP contribution in [0.5, 0.6) is 17.2 Å². The standard InChI is InChI=1S/C11H17NO4/c1-14-9-5-11(16-3)10(15-2)4-7(9)8(13)6-12/h4-5,8,13H,6,12H2,1-3H3/t8-/m1/s1. The molecule has 0 aliphatic rings. The second-order valence-corrected chi connectivity index (χ2v) is 3.20. The maximum atomic E-state index is 9.72. The Morgan fingerprint density at radius 1 is 1.06 bits per heavy atom. The summed E-state index contributed by atoms with van der Waals surface area (Å²) in [6.07, 6.45) is -0.783. The van der Waals surface area contributed by atoms with Crippen LogP contribution in [0.3, 0.4) is 0 Å². The van der Waals surface area contributed by atoms with Gasteiger partial charge < -0.3 is 25.1 Å². The van der Waals surface area contributed by atoms with Gasteiger partial charge in [-0.1, -0.05) is 0 Å². The predicted molar refractivity (Wildman–Crippen MR) is 60.1 cm³/mol. The van der Waals surface area contributed by atoms with Gasteiger partial charge in [-0.25, -0.2) is 0 Å². The number of hydrogen-bond donors (Lipinski definition) is 2. The Balaban J connectivity index is 3.25. The first kappa shape index (κ1) is 12.6. The predicted octanol–water partition coefficient (Wildman–Crippen LogP) is 0.705. The highest BCUT2D eigenvalue weighted by atomic mass is 16.5. The number of methoxy groups -OCH3 is 3. The van der Waals surface area contributed by atoms with E-state index in [0.717, 1.165) is 0 Å². The van der Waals surface area contributed by atoms with Gasteiger partial charge in [-0.2, -0.15) is 0 Å². The first-order valence-corrected chi connectivity index (χ1v) is 4.86. The number of hydrogen-bond acceptors (Lipinski definition) is 5. The highest BCUT2D eigenvalue weighted by molar-refractivity contribution is 5.51. The van der Waals surface area contributed by atoms with E-state index in [1.165, 1.54) is 21.3 Å². The molecule has 0 radical (unpaired) electrons. The van der Waals surface area contributed by atoms with Gasteiger partial charge >= 0.3 is 0 Å². The third-order valence-electron chi connectivity index (χ3n) is 2.32. The summed E-state index contributed by atoms with van der Waals surface area (Å²) >= 11 is 0. The molecule has 0 amide bonds. The van der Waals surface area contributed by atoms with Crippen molar-refractivity contribution in [2.24, 2.45) is 5.73 Å². The zero-order valence-corrected chi connectivity index (χ0v) is 9.69. The summed E-state index contributed by atoms with van der Waals surface area (Å²) in [5, 5.41) is 9.72. The van der Waals surface area contributed by atoms with Crippen LogP contribution in [0.2, 0.25) is 0 Å². The molecule has 0 saturated heterocycles. The molecule has 1 aromatic rings. The van der Waals surface area contributed by atoms with Gasteiger partial charge in [0.1, 0.15) is 5.75 Å². The molecule has 90 valence electrons. The molecule has 3 N–H and O–H groups in total. The van der Waals surface area contributed by atoms with E-state index in [-0.39, 0.29) is 6.54 Å². The van der Waals surface area contributed by atoms with Gasteiger partial charge in [0.15, 0.2) is 11.5 Å². The molecule has 0 aromatic heterocycles. The van der Waals surface area contributed by atoms with E-state index in [9.17, 15) is 5.11 Å². The summed E-state index contributed by atoms with van der Waals surface area (Å²) in [5.41, 5.74) is 6.00. The molecular formula is C11H17NO4. The lowest BCUT2D eigenvalue weighted by molar-refractivity contribution is 0.181. The first-order chi connectivity index (χ1) is 7.67. The van der Waals surface area contributed by atoms with Gasteiger partial charge in [-0.3, -0.25) is 0 Å². The minimum Gasteiger partial charge on any atom is -0.496 e. The Morgan fingerprint density at radius 2 is 1.56 bits per heavy atom. The average Bonchev–Trinajstić information content (AvgIpc) is 2.35. The van der Waals surface area contributed by atoms with Crippen molar-refractivity contribution < 1.29 is 19.3 Å². The monoisotopic (exact) mass is 227 g/mol. The number of aliphatic hydroxyl groups excluding tert-OH is 1. The molecule has 0 heterocycles. The number of aliphatic hydroxyl groups is 1. The third-order valence-corrected chi connectivity index (χ3v) is 2.32. The Labute approximate surface area is 94.7 Å². The van der Waals surface area contributed by atoms with Gasteiger partial charge in [0.2, 0.25) is 0 Å². The quantitative estimate of drug-likeness (QED) is 0.774. The molecule has 0 bridgehead atoms. The van der Waals surface area contributed by atoms with E-state index in [1.807, 2.05) is 0 Å². The fourth-order valence-electron chi connectivity index (χ4n) is 1.44. The normalized spacial score (nSPS) is 12.1. The van der Waals surface area contributed by atoms with Crippen LogP contribution < -0.4 is 19.9 Å². The lowest BCUT2D eigenvalue weighted by Gasteiger charge is -2.16. The zero-order valence-electron chi connectivity index (χ0n) is 9.69. The van der Waals surface area contributed by atoms with Crippen molar-refractivity contribution in [1.29, 1.82) is 0 Å². The summed E-state index contributed by atoms with van der Waals surface area (Å²) in [6, 6.07) is 3.32. The van der Waals surface area contributed by atoms with E-state index >= 15 is 0 Å². The van der Waals surface area contributed by atoms with E-state index in [0.29, 0.717) is 22.8 Å². The Bertz CT molecular complexity index is 354. The summed E-state index contributed by atoms with van der Waals surface area (Å²) in [5.74, 6) is 1.61. The van der Waals surface area contributed by atoms with Crippen LogP contribution in [0.1, 0.15) is 11.7 Å². The minimum atomic E-state index is -0.783. The highest BCUT2D eigenvalue weighted by Gasteiger charge is 2.16. The van der Waals surface area contributed by atoms with Crippen LogP contribution in [0.4, 0.5) is 0 Å². The Hall–Kier alpha value is -1.46. The molecule has 0 aliphatic carbocycles. The van der Waals surface area contributed by atoms with Crippen LogP contribution >= 0.6 is 0 Å². The third kappa shape index (κ3) is 2.37. The summed E-state index contributed by atoms with van der Waals surface area (Å²) < 4.78 is 15.4. The van der Waals surface area contributed by atoms with Crippen molar-refractivity contribution in [2.45, 2.75) is 6.10 Å². The van der Waals surface area contributed by atoms with Crippen molar-refractivity contribution in [3.05, 3.63) is 17.7 Å². The largest absolute Gasteiger partial charge is 0.496 e. The lowest BCUT2D eigenvalue weighted by atomic mass is 10.1. The average molecular weight is 227 g/mol.